The molecule has 1 heterocycles. The zero-order chi connectivity index (χ0) is 13.2. The lowest BCUT2D eigenvalue weighted by atomic mass is 10.2. The van der Waals surface area contributed by atoms with Gasteiger partial charge >= 0.3 is 0 Å². The molecule has 0 aliphatic heterocycles. The standard InChI is InChI=1S/C12H14N2O3S/c1-9-4-5-11(18(13,15)16)7-12(9)14-8-10-3-2-6-17-10/h2-7,14H,8H2,1H3,(H2,13,15,16). The fourth-order valence-corrected chi connectivity index (χ4v) is 2.10. The van der Waals surface area contributed by atoms with Crippen molar-refractivity contribution >= 4 is 15.7 Å². The topological polar surface area (TPSA) is 85.3 Å². The fraction of sp³-hybridized carbons (Fsp3) is 0.167. The molecule has 3 N–H and O–H groups in total. The van der Waals surface area contributed by atoms with E-state index in [1.807, 2.05) is 13.0 Å². The Labute approximate surface area is 106 Å². The molecule has 0 amide bonds. The number of hydrogen-bond acceptors (Lipinski definition) is 4. The van der Waals surface area contributed by atoms with E-state index in [0.717, 1.165) is 17.0 Å². The summed E-state index contributed by atoms with van der Waals surface area (Å²) in [6.07, 6.45) is 1.59. The van der Waals surface area contributed by atoms with Crippen molar-refractivity contribution in [3.63, 3.8) is 0 Å². The summed E-state index contributed by atoms with van der Waals surface area (Å²) in [5, 5.41) is 8.21. The largest absolute Gasteiger partial charge is 0.467 e. The molecule has 18 heavy (non-hydrogen) atoms. The molecule has 0 saturated carbocycles. The first kappa shape index (κ1) is 12.7. The number of rotatable bonds is 4. The third-order valence-electron chi connectivity index (χ3n) is 2.57. The van der Waals surface area contributed by atoms with Gasteiger partial charge in [-0.05, 0) is 36.8 Å². The van der Waals surface area contributed by atoms with Crippen LogP contribution in [0.4, 0.5) is 5.69 Å². The molecule has 5 nitrogen and oxygen atoms in total. The second kappa shape index (κ2) is 4.83. The molecule has 0 aliphatic carbocycles. The van der Waals surface area contributed by atoms with E-state index in [4.69, 9.17) is 9.56 Å². The number of benzene rings is 1. The van der Waals surface area contributed by atoms with Gasteiger partial charge in [-0.15, -0.1) is 0 Å². The van der Waals surface area contributed by atoms with E-state index in [2.05, 4.69) is 5.32 Å². The minimum atomic E-state index is -3.68. The van der Waals surface area contributed by atoms with Crippen LogP contribution in [0.15, 0.2) is 45.9 Å². The van der Waals surface area contributed by atoms with Crippen molar-refractivity contribution in [2.24, 2.45) is 5.14 Å². The summed E-state index contributed by atoms with van der Waals surface area (Å²) in [5.41, 5.74) is 1.66. The minimum absolute atomic E-state index is 0.0926. The third kappa shape index (κ3) is 2.91. The molecule has 0 atom stereocenters. The van der Waals surface area contributed by atoms with Gasteiger partial charge in [-0.2, -0.15) is 0 Å². The van der Waals surface area contributed by atoms with Crippen LogP contribution in [0, 0.1) is 6.92 Å². The maximum atomic E-state index is 11.3. The summed E-state index contributed by atoms with van der Waals surface area (Å²) in [5.74, 6) is 0.774. The predicted octanol–water partition coefficient (Wildman–Crippen LogP) is 1.85. The monoisotopic (exact) mass is 266 g/mol. The van der Waals surface area contributed by atoms with Crippen molar-refractivity contribution in [1.29, 1.82) is 0 Å². The number of anilines is 1. The molecule has 0 bridgehead atoms. The van der Waals surface area contributed by atoms with Crippen LogP contribution >= 0.6 is 0 Å². The Balaban J connectivity index is 2.22. The Morgan fingerprint density at radius 1 is 1.33 bits per heavy atom. The average molecular weight is 266 g/mol. The first-order chi connectivity index (χ1) is 8.47. The quantitative estimate of drug-likeness (QED) is 0.884. The SMILES string of the molecule is Cc1ccc(S(N)(=O)=O)cc1NCc1ccco1. The Morgan fingerprint density at radius 3 is 2.72 bits per heavy atom. The highest BCUT2D eigenvalue weighted by atomic mass is 32.2. The first-order valence-electron chi connectivity index (χ1n) is 5.36. The van der Waals surface area contributed by atoms with Gasteiger partial charge in [0.1, 0.15) is 5.76 Å². The summed E-state index contributed by atoms with van der Waals surface area (Å²) in [6.45, 7) is 2.37. The second-order valence-electron chi connectivity index (χ2n) is 3.95. The number of furan rings is 1. The molecular formula is C12H14N2O3S. The normalized spacial score (nSPS) is 11.4. The third-order valence-corrected chi connectivity index (χ3v) is 3.48. The van der Waals surface area contributed by atoms with Crippen molar-refractivity contribution in [2.75, 3.05) is 5.32 Å². The average Bonchev–Trinajstić information content (AvgIpc) is 2.79. The summed E-state index contributed by atoms with van der Waals surface area (Å²) in [6, 6.07) is 8.36. The number of nitrogens with one attached hydrogen (secondary N) is 1. The highest BCUT2D eigenvalue weighted by molar-refractivity contribution is 7.89. The minimum Gasteiger partial charge on any atom is -0.467 e. The molecule has 1 aromatic carbocycles. The summed E-state index contributed by atoms with van der Waals surface area (Å²) >= 11 is 0. The second-order valence-corrected chi connectivity index (χ2v) is 5.52. The number of nitrogens with two attached hydrogens (primary N) is 1. The van der Waals surface area contributed by atoms with Crippen LogP contribution in [0.25, 0.3) is 0 Å². The van der Waals surface area contributed by atoms with E-state index < -0.39 is 10.0 Å². The van der Waals surface area contributed by atoms with E-state index in [9.17, 15) is 8.42 Å². The van der Waals surface area contributed by atoms with Crippen LogP contribution in [0.1, 0.15) is 11.3 Å². The molecule has 0 radical (unpaired) electrons. The molecule has 96 valence electrons. The van der Waals surface area contributed by atoms with Crippen LogP contribution in [0.2, 0.25) is 0 Å². The molecule has 0 aliphatic rings. The zero-order valence-electron chi connectivity index (χ0n) is 9.88. The Kier molecular flexibility index (Phi) is 3.40. The maximum Gasteiger partial charge on any atom is 0.238 e. The molecule has 2 aromatic rings. The summed E-state index contributed by atoms with van der Waals surface area (Å²) in [4.78, 5) is 0.0926. The fourth-order valence-electron chi connectivity index (χ4n) is 1.56. The molecular weight excluding hydrogens is 252 g/mol. The van der Waals surface area contributed by atoms with Crippen LogP contribution in [-0.2, 0) is 16.6 Å². The van der Waals surface area contributed by atoms with Crippen molar-refractivity contribution in [3.05, 3.63) is 47.9 Å². The van der Waals surface area contributed by atoms with Crippen molar-refractivity contribution in [1.82, 2.24) is 0 Å². The van der Waals surface area contributed by atoms with E-state index in [1.54, 1.807) is 18.4 Å². The Hall–Kier alpha value is -1.79. The highest BCUT2D eigenvalue weighted by Crippen LogP contribution is 2.20. The molecule has 2 rings (SSSR count). The molecule has 0 fully saturated rings. The lowest BCUT2D eigenvalue weighted by Gasteiger charge is -2.09. The number of hydrogen-bond donors (Lipinski definition) is 2. The molecule has 6 heteroatoms. The van der Waals surface area contributed by atoms with Gasteiger partial charge in [0.05, 0.1) is 17.7 Å². The summed E-state index contributed by atoms with van der Waals surface area (Å²) in [7, 11) is -3.68. The van der Waals surface area contributed by atoms with Crippen LogP contribution in [-0.4, -0.2) is 8.42 Å². The van der Waals surface area contributed by atoms with Gasteiger partial charge in [-0.1, -0.05) is 6.07 Å². The van der Waals surface area contributed by atoms with Gasteiger partial charge in [0.2, 0.25) is 10.0 Å². The summed E-state index contributed by atoms with van der Waals surface area (Å²) < 4.78 is 27.7. The van der Waals surface area contributed by atoms with Crippen LogP contribution < -0.4 is 10.5 Å². The molecule has 0 spiro atoms. The van der Waals surface area contributed by atoms with Gasteiger partial charge < -0.3 is 9.73 Å². The van der Waals surface area contributed by atoms with Gasteiger partial charge in [0, 0.05) is 5.69 Å². The van der Waals surface area contributed by atoms with Crippen molar-refractivity contribution in [3.8, 4) is 0 Å². The number of primary sulfonamides is 1. The van der Waals surface area contributed by atoms with Crippen molar-refractivity contribution < 1.29 is 12.8 Å². The Morgan fingerprint density at radius 2 is 2.11 bits per heavy atom. The van der Waals surface area contributed by atoms with Gasteiger partial charge in [-0.3, -0.25) is 0 Å². The lowest BCUT2D eigenvalue weighted by Crippen LogP contribution is -2.12. The van der Waals surface area contributed by atoms with Crippen LogP contribution in [0.5, 0.6) is 0 Å². The Bertz CT molecular complexity index is 633. The first-order valence-corrected chi connectivity index (χ1v) is 6.91. The van der Waals surface area contributed by atoms with E-state index in [0.29, 0.717) is 6.54 Å². The van der Waals surface area contributed by atoms with Gasteiger partial charge in [0.25, 0.3) is 0 Å². The van der Waals surface area contributed by atoms with Crippen LogP contribution in [0.3, 0.4) is 0 Å². The zero-order valence-corrected chi connectivity index (χ0v) is 10.7. The maximum absolute atomic E-state index is 11.3. The molecule has 0 saturated heterocycles. The van der Waals surface area contributed by atoms with E-state index >= 15 is 0 Å². The number of sulfonamides is 1. The van der Waals surface area contributed by atoms with E-state index in [1.165, 1.54) is 12.1 Å². The lowest BCUT2D eigenvalue weighted by molar-refractivity contribution is 0.518. The highest BCUT2D eigenvalue weighted by Gasteiger charge is 2.10. The predicted molar refractivity (Wildman–Crippen MR) is 68.6 cm³/mol. The van der Waals surface area contributed by atoms with Gasteiger partial charge in [0.15, 0.2) is 0 Å². The number of aryl methyl sites for hydroxylation is 1. The van der Waals surface area contributed by atoms with Gasteiger partial charge in [-0.25, -0.2) is 13.6 Å². The van der Waals surface area contributed by atoms with E-state index in [-0.39, 0.29) is 4.90 Å². The molecule has 1 aromatic heterocycles. The molecule has 0 unspecified atom stereocenters. The smallest absolute Gasteiger partial charge is 0.238 e. The van der Waals surface area contributed by atoms with Crippen molar-refractivity contribution in [2.45, 2.75) is 18.4 Å².